The fraction of sp³-hybridized carbons (Fsp3) is 0.167. The van der Waals surface area contributed by atoms with Gasteiger partial charge in [0.05, 0.1) is 24.2 Å². The number of rotatable bonds is 1. The molecule has 3 N–H and O–H groups in total. The maximum Gasteiger partial charge on any atom is 0.0852 e. The minimum Gasteiger partial charge on any atom is -0.397 e. The molecule has 1 rings (SSSR count). The zero-order valence-electron chi connectivity index (χ0n) is 5.73. The topological polar surface area (TPSA) is 59.1 Å². The first-order chi connectivity index (χ1) is 4.33. The van der Waals surface area contributed by atoms with E-state index < -0.39 is 0 Å². The standard InChI is InChI=1S/C6H8N2O.2ClH/c7-5-1-2-6(4-9)8-3-5;;/h1-3,9H,4,7H2;2*1H. The highest BCUT2D eigenvalue weighted by Gasteiger charge is 1.87. The largest absolute Gasteiger partial charge is 0.397 e. The lowest BCUT2D eigenvalue weighted by atomic mass is 10.3. The Morgan fingerprint density at radius 2 is 2.00 bits per heavy atom. The molecule has 0 radical (unpaired) electrons. The zero-order valence-corrected chi connectivity index (χ0v) is 7.36. The second-order valence-electron chi connectivity index (χ2n) is 1.74. The average Bonchev–Trinajstić information content (AvgIpc) is 1.90. The van der Waals surface area contributed by atoms with E-state index in [-0.39, 0.29) is 31.4 Å². The zero-order chi connectivity index (χ0) is 6.69. The van der Waals surface area contributed by atoms with Gasteiger partial charge in [0.1, 0.15) is 0 Å². The van der Waals surface area contributed by atoms with Gasteiger partial charge in [-0.05, 0) is 12.1 Å². The quantitative estimate of drug-likeness (QED) is 0.705. The molecule has 0 aliphatic rings. The average molecular weight is 197 g/mol. The third kappa shape index (κ3) is 4.03. The summed E-state index contributed by atoms with van der Waals surface area (Å²) in [5.74, 6) is 0. The van der Waals surface area contributed by atoms with Gasteiger partial charge in [-0.15, -0.1) is 24.8 Å². The van der Waals surface area contributed by atoms with Gasteiger partial charge in [0.25, 0.3) is 0 Å². The van der Waals surface area contributed by atoms with Crippen molar-refractivity contribution in [1.29, 1.82) is 0 Å². The van der Waals surface area contributed by atoms with Crippen LogP contribution in [0.4, 0.5) is 5.69 Å². The van der Waals surface area contributed by atoms with Gasteiger partial charge in [-0.2, -0.15) is 0 Å². The lowest BCUT2D eigenvalue weighted by molar-refractivity contribution is 0.277. The number of anilines is 1. The normalized spacial score (nSPS) is 7.73. The third-order valence-electron chi connectivity index (χ3n) is 1.01. The Morgan fingerprint density at radius 1 is 1.36 bits per heavy atom. The Bertz CT molecular complexity index is 190. The monoisotopic (exact) mass is 196 g/mol. The first-order valence-corrected chi connectivity index (χ1v) is 2.64. The number of hydrogen-bond donors (Lipinski definition) is 2. The maximum atomic E-state index is 8.53. The maximum absolute atomic E-state index is 8.53. The lowest BCUT2D eigenvalue weighted by Crippen LogP contribution is -1.90. The van der Waals surface area contributed by atoms with Gasteiger partial charge in [-0.1, -0.05) is 0 Å². The van der Waals surface area contributed by atoms with Crippen molar-refractivity contribution >= 4 is 30.5 Å². The number of nitrogens with two attached hydrogens (primary N) is 1. The molecule has 0 aromatic carbocycles. The fourth-order valence-corrected chi connectivity index (χ4v) is 0.529. The molecule has 0 bridgehead atoms. The summed E-state index contributed by atoms with van der Waals surface area (Å²) >= 11 is 0. The van der Waals surface area contributed by atoms with E-state index in [4.69, 9.17) is 10.8 Å². The van der Waals surface area contributed by atoms with Crippen LogP contribution in [-0.2, 0) is 6.61 Å². The molecule has 5 heteroatoms. The van der Waals surface area contributed by atoms with E-state index in [9.17, 15) is 0 Å². The van der Waals surface area contributed by atoms with Gasteiger partial charge >= 0.3 is 0 Å². The van der Waals surface area contributed by atoms with Crippen molar-refractivity contribution in [3.63, 3.8) is 0 Å². The van der Waals surface area contributed by atoms with Gasteiger partial charge < -0.3 is 10.8 Å². The van der Waals surface area contributed by atoms with Crippen LogP contribution in [0.2, 0.25) is 0 Å². The third-order valence-corrected chi connectivity index (χ3v) is 1.01. The molecule has 64 valence electrons. The van der Waals surface area contributed by atoms with Crippen LogP contribution >= 0.6 is 24.8 Å². The predicted molar refractivity (Wildman–Crippen MR) is 49.1 cm³/mol. The number of aliphatic hydroxyl groups excluding tert-OH is 1. The van der Waals surface area contributed by atoms with E-state index in [0.717, 1.165) is 0 Å². The SMILES string of the molecule is Cl.Cl.Nc1ccc(CO)nc1. The molecule has 0 aliphatic carbocycles. The van der Waals surface area contributed by atoms with Crippen molar-refractivity contribution < 1.29 is 5.11 Å². The molecule has 0 aliphatic heterocycles. The number of aromatic nitrogens is 1. The summed E-state index contributed by atoms with van der Waals surface area (Å²) < 4.78 is 0. The van der Waals surface area contributed by atoms with Crippen LogP contribution in [0.5, 0.6) is 0 Å². The van der Waals surface area contributed by atoms with Crippen molar-refractivity contribution in [2.45, 2.75) is 6.61 Å². The molecule has 3 nitrogen and oxygen atoms in total. The Labute approximate surface area is 77.5 Å². The van der Waals surface area contributed by atoms with Crippen LogP contribution in [0.1, 0.15) is 5.69 Å². The van der Waals surface area contributed by atoms with Crippen LogP contribution in [0.25, 0.3) is 0 Å². The van der Waals surface area contributed by atoms with Gasteiger partial charge in [-0.3, -0.25) is 4.98 Å². The Morgan fingerprint density at radius 3 is 2.36 bits per heavy atom. The molecule has 0 spiro atoms. The summed E-state index contributed by atoms with van der Waals surface area (Å²) in [4.78, 5) is 3.82. The van der Waals surface area contributed by atoms with E-state index in [0.29, 0.717) is 11.4 Å². The van der Waals surface area contributed by atoms with E-state index in [1.54, 1.807) is 12.1 Å². The van der Waals surface area contributed by atoms with Crippen molar-refractivity contribution in [3.8, 4) is 0 Å². The summed E-state index contributed by atoms with van der Waals surface area (Å²) in [7, 11) is 0. The molecule has 1 aromatic heterocycles. The van der Waals surface area contributed by atoms with Gasteiger partial charge in [0.2, 0.25) is 0 Å². The second-order valence-corrected chi connectivity index (χ2v) is 1.74. The van der Waals surface area contributed by atoms with Crippen LogP contribution < -0.4 is 5.73 Å². The number of hydrogen-bond acceptors (Lipinski definition) is 3. The molecular weight excluding hydrogens is 187 g/mol. The Balaban J connectivity index is 0. The van der Waals surface area contributed by atoms with Crippen LogP contribution in [0.3, 0.4) is 0 Å². The van der Waals surface area contributed by atoms with E-state index in [1.807, 2.05) is 0 Å². The summed E-state index contributed by atoms with van der Waals surface area (Å²) in [6.07, 6.45) is 1.52. The molecule has 0 unspecified atom stereocenters. The van der Waals surface area contributed by atoms with Gasteiger partial charge in [0, 0.05) is 0 Å². The molecule has 0 saturated carbocycles. The molecule has 0 amide bonds. The summed E-state index contributed by atoms with van der Waals surface area (Å²) in [5.41, 5.74) is 6.60. The van der Waals surface area contributed by atoms with Crippen molar-refractivity contribution in [2.75, 3.05) is 5.73 Å². The number of pyridine rings is 1. The molecular formula is C6H10Cl2N2O. The first-order valence-electron chi connectivity index (χ1n) is 2.64. The highest BCUT2D eigenvalue weighted by Crippen LogP contribution is 1.99. The molecule has 0 saturated heterocycles. The fourth-order valence-electron chi connectivity index (χ4n) is 0.529. The van der Waals surface area contributed by atoms with E-state index in [2.05, 4.69) is 4.98 Å². The predicted octanol–water partition coefficient (Wildman–Crippen LogP) is 1.000. The van der Waals surface area contributed by atoms with E-state index in [1.165, 1.54) is 6.20 Å². The van der Waals surface area contributed by atoms with E-state index >= 15 is 0 Å². The van der Waals surface area contributed by atoms with Gasteiger partial charge in [-0.25, -0.2) is 0 Å². The number of aliphatic hydroxyl groups is 1. The molecule has 0 atom stereocenters. The summed E-state index contributed by atoms with van der Waals surface area (Å²) in [6, 6.07) is 3.40. The number of halogens is 2. The molecule has 1 aromatic rings. The summed E-state index contributed by atoms with van der Waals surface area (Å²) in [5, 5.41) is 8.53. The smallest absolute Gasteiger partial charge is 0.0852 e. The van der Waals surface area contributed by atoms with Crippen LogP contribution in [0, 0.1) is 0 Å². The van der Waals surface area contributed by atoms with Crippen molar-refractivity contribution in [2.24, 2.45) is 0 Å². The highest BCUT2D eigenvalue weighted by atomic mass is 35.5. The minimum atomic E-state index is -0.0275. The second kappa shape index (κ2) is 6.22. The molecule has 1 heterocycles. The minimum absolute atomic E-state index is 0. The molecule has 11 heavy (non-hydrogen) atoms. The molecule has 0 fully saturated rings. The van der Waals surface area contributed by atoms with Crippen molar-refractivity contribution in [3.05, 3.63) is 24.0 Å². The highest BCUT2D eigenvalue weighted by molar-refractivity contribution is 5.85. The lowest BCUT2D eigenvalue weighted by Gasteiger charge is -1.93. The number of nitrogen functional groups attached to an aromatic ring is 1. The number of nitrogens with zero attached hydrogens (tertiary/aromatic N) is 1. The van der Waals surface area contributed by atoms with Crippen LogP contribution in [-0.4, -0.2) is 10.1 Å². The van der Waals surface area contributed by atoms with Gasteiger partial charge in [0.15, 0.2) is 0 Å². The first kappa shape index (κ1) is 13.1. The summed E-state index contributed by atoms with van der Waals surface area (Å²) in [6.45, 7) is -0.0275. The Kier molecular flexibility index (Phi) is 7.41. The Hall–Kier alpha value is -0.510. The van der Waals surface area contributed by atoms with Crippen LogP contribution in [0.15, 0.2) is 18.3 Å². The van der Waals surface area contributed by atoms with Crippen molar-refractivity contribution in [1.82, 2.24) is 4.98 Å².